The number of carbonyl (C=O) groups is 1. The molecule has 0 atom stereocenters. The third-order valence-electron chi connectivity index (χ3n) is 2.10. The zero-order chi connectivity index (χ0) is 13.1. The maximum atomic E-state index is 10.9. The maximum Gasteiger partial charge on any atom is 0.248 e. The summed E-state index contributed by atoms with van der Waals surface area (Å²) in [6, 6.07) is 7.72. The van der Waals surface area contributed by atoms with E-state index in [0.717, 1.165) is 0 Å². The van der Waals surface area contributed by atoms with Crippen molar-refractivity contribution in [1.82, 2.24) is 9.97 Å². The van der Waals surface area contributed by atoms with Crippen LogP contribution in [-0.4, -0.2) is 15.9 Å². The molecule has 2 rings (SSSR count). The van der Waals surface area contributed by atoms with Crippen molar-refractivity contribution >= 4 is 17.7 Å². The summed E-state index contributed by atoms with van der Waals surface area (Å²) in [5.74, 6) is 0.450. The first-order valence-corrected chi connectivity index (χ1v) is 5.02. The lowest BCUT2D eigenvalue weighted by Crippen LogP contribution is -2.10. The Morgan fingerprint density at radius 3 is 2.33 bits per heavy atom. The Hall–Kier alpha value is -2.83. The number of amides is 1. The first kappa shape index (κ1) is 11.6. The van der Waals surface area contributed by atoms with Gasteiger partial charge in [0.2, 0.25) is 17.7 Å². The number of primary amides is 1. The van der Waals surface area contributed by atoms with Gasteiger partial charge in [-0.3, -0.25) is 4.79 Å². The Balaban J connectivity index is 2.20. The van der Waals surface area contributed by atoms with Crippen LogP contribution in [0.2, 0.25) is 0 Å². The Bertz CT molecular complexity index is 562. The second-order valence-corrected chi connectivity index (χ2v) is 3.48. The molecule has 1 aromatic heterocycles. The summed E-state index contributed by atoms with van der Waals surface area (Å²) in [6.07, 6.45) is 0. The molecule has 0 saturated carbocycles. The molecule has 0 aliphatic carbocycles. The second-order valence-electron chi connectivity index (χ2n) is 3.48. The number of nitrogen functional groups attached to an aromatic ring is 2. The number of benzene rings is 1. The molecule has 6 N–H and O–H groups in total. The highest BCUT2D eigenvalue weighted by atomic mass is 16.5. The van der Waals surface area contributed by atoms with Crippen LogP contribution in [0.25, 0.3) is 0 Å². The summed E-state index contributed by atoms with van der Waals surface area (Å²) in [4.78, 5) is 18.5. The van der Waals surface area contributed by atoms with Gasteiger partial charge in [0.05, 0.1) is 0 Å². The maximum absolute atomic E-state index is 10.9. The molecule has 92 valence electrons. The average molecular weight is 245 g/mol. The van der Waals surface area contributed by atoms with Crippen molar-refractivity contribution in [2.24, 2.45) is 5.73 Å². The van der Waals surface area contributed by atoms with E-state index in [1.165, 1.54) is 6.07 Å². The minimum absolute atomic E-state index is 0.0266. The molecule has 0 unspecified atom stereocenters. The van der Waals surface area contributed by atoms with Crippen LogP contribution in [0, 0.1) is 0 Å². The SMILES string of the molecule is NC(=O)c1ccc(Oc2cc(N)nc(N)n2)cc1. The fraction of sp³-hybridized carbons (Fsp3) is 0. The lowest BCUT2D eigenvalue weighted by atomic mass is 10.2. The van der Waals surface area contributed by atoms with E-state index in [9.17, 15) is 4.79 Å². The number of hydrogen-bond donors (Lipinski definition) is 3. The number of aromatic nitrogens is 2. The molecule has 7 nitrogen and oxygen atoms in total. The number of nitrogens with zero attached hydrogens (tertiary/aromatic N) is 2. The van der Waals surface area contributed by atoms with E-state index in [0.29, 0.717) is 11.3 Å². The van der Waals surface area contributed by atoms with E-state index in [2.05, 4.69) is 9.97 Å². The Morgan fingerprint density at radius 2 is 1.78 bits per heavy atom. The van der Waals surface area contributed by atoms with Crippen molar-refractivity contribution in [3.8, 4) is 11.6 Å². The van der Waals surface area contributed by atoms with Gasteiger partial charge in [-0.15, -0.1) is 0 Å². The molecule has 0 radical (unpaired) electrons. The average Bonchev–Trinajstić information content (AvgIpc) is 2.28. The zero-order valence-electron chi connectivity index (χ0n) is 9.33. The summed E-state index contributed by atoms with van der Waals surface area (Å²) in [6.45, 7) is 0. The van der Waals surface area contributed by atoms with Crippen LogP contribution in [0.15, 0.2) is 30.3 Å². The molecule has 7 heteroatoms. The lowest BCUT2D eigenvalue weighted by molar-refractivity contribution is 0.100. The topological polar surface area (TPSA) is 130 Å². The van der Waals surface area contributed by atoms with Crippen LogP contribution in [-0.2, 0) is 0 Å². The van der Waals surface area contributed by atoms with Gasteiger partial charge in [-0.25, -0.2) is 0 Å². The van der Waals surface area contributed by atoms with Crippen LogP contribution in [0.5, 0.6) is 11.6 Å². The summed E-state index contributed by atoms with van der Waals surface area (Å²) in [5, 5.41) is 0. The van der Waals surface area contributed by atoms with Gasteiger partial charge >= 0.3 is 0 Å². The van der Waals surface area contributed by atoms with E-state index in [1.54, 1.807) is 24.3 Å². The number of rotatable bonds is 3. The Labute approximate surface area is 103 Å². The van der Waals surface area contributed by atoms with Gasteiger partial charge in [-0.05, 0) is 24.3 Å². The molecule has 0 aliphatic rings. The highest BCUT2D eigenvalue weighted by Crippen LogP contribution is 2.21. The number of nitrogens with two attached hydrogens (primary N) is 3. The minimum atomic E-state index is -0.503. The summed E-state index contributed by atoms with van der Waals surface area (Å²) < 4.78 is 5.41. The van der Waals surface area contributed by atoms with Crippen LogP contribution >= 0.6 is 0 Å². The molecule has 0 aliphatic heterocycles. The van der Waals surface area contributed by atoms with E-state index in [4.69, 9.17) is 21.9 Å². The summed E-state index contributed by atoms with van der Waals surface area (Å²) >= 11 is 0. The van der Waals surface area contributed by atoms with Gasteiger partial charge < -0.3 is 21.9 Å². The molecule has 2 aromatic rings. The predicted octanol–water partition coefficient (Wildman–Crippen LogP) is 0.532. The quantitative estimate of drug-likeness (QED) is 0.723. The highest BCUT2D eigenvalue weighted by Gasteiger charge is 2.04. The smallest absolute Gasteiger partial charge is 0.248 e. The van der Waals surface area contributed by atoms with Gasteiger partial charge in [0.15, 0.2) is 0 Å². The summed E-state index contributed by atoms with van der Waals surface area (Å²) in [7, 11) is 0. The van der Waals surface area contributed by atoms with Crippen molar-refractivity contribution in [1.29, 1.82) is 0 Å². The minimum Gasteiger partial charge on any atom is -0.439 e. The molecule has 0 fully saturated rings. The zero-order valence-corrected chi connectivity index (χ0v) is 9.33. The molecule has 1 aromatic carbocycles. The second kappa shape index (κ2) is 4.58. The third-order valence-corrected chi connectivity index (χ3v) is 2.10. The molecular formula is C11H11N5O2. The number of carbonyl (C=O) groups excluding carboxylic acids is 1. The van der Waals surface area contributed by atoms with Crippen molar-refractivity contribution < 1.29 is 9.53 Å². The standard InChI is InChI=1S/C11H11N5O2/c12-8-5-9(16-11(14)15-8)18-7-3-1-6(2-4-7)10(13)17/h1-5H,(H2,13,17)(H4,12,14,15,16). The highest BCUT2D eigenvalue weighted by molar-refractivity contribution is 5.92. The largest absolute Gasteiger partial charge is 0.439 e. The molecule has 0 spiro atoms. The van der Waals surface area contributed by atoms with Gasteiger partial charge in [0, 0.05) is 11.6 Å². The van der Waals surface area contributed by atoms with E-state index >= 15 is 0 Å². The van der Waals surface area contributed by atoms with E-state index < -0.39 is 5.91 Å². The molecule has 1 heterocycles. The normalized spacial score (nSPS) is 10.0. The van der Waals surface area contributed by atoms with E-state index in [-0.39, 0.29) is 17.6 Å². The van der Waals surface area contributed by atoms with E-state index in [1.807, 2.05) is 0 Å². The van der Waals surface area contributed by atoms with Crippen LogP contribution in [0.3, 0.4) is 0 Å². The van der Waals surface area contributed by atoms with Gasteiger partial charge in [-0.1, -0.05) is 0 Å². The molecule has 0 bridgehead atoms. The van der Waals surface area contributed by atoms with Crippen LogP contribution in [0.1, 0.15) is 10.4 Å². The molecular weight excluding hydrogens is 234 g/mol. The van der Waals surface area contributed by atoms with Gasteiger partial charge in [-0.2, -0.15) is 9.97 Å². The van der Waals surface area contributed by atoms with Crippen molar-refractivity contribution in [2.75, 3.05) is 11.5 Å². The lowest BCUT2D eigenvalue weighted by Gasteiger charge is -2.06. The first-order chi connectivity index (χ1) is 8.54. The first-order valence-electron chi connectivity index (χ1n) is 5.02. The third kappa shape index (κ3) is 2.64. The van der Waals surface area contributed by atoms with Crippen LogP contribution < -0.4 is 21.9 Å². The fourth-order valence-electron chi connectivity index (χ4n) is 1.32. The monoisotopic (exact) mass is 245 g/mol. The molecule has 0 saturated heterocycles. The molecule has 1 amide bonds. The van der Waals surface area contributed by atoms with Gasteiger partial charge in [0.25, 0.3) is 0 Å². The van der Waals surface area contributed by atoms with Crippen molar-refractivity contribution in [2.45, 2.75) is 0 Å². The van der Waals surface area contributed by atoms with Crippen LogP contribution in [0.4, 0.5) is 11.8 Å². The Morgan fingerprint density at radius 1 is 1.11 bits per heavy atom. The predicted molar refractivity (Wildman–Crippen MR) is 65.9 cm³/mol. The van der Waals surface area contributed by atoms with Gasteiger partial charge in [0.1, 0.15) is 11.6 Å². The number of anilines is 2. The van der Waals surface area contributed by atoms with Crippen molar-refractivity contribution in [3.63, 3.8) is 0 Å². The molecule has 18 heavy (non-hydrogen) atoms. The number of ether oxygens (including phenoxy) is 1. The number of hydrogen-bond acceptors (Lipinski definition) is 6. The summed E-state index contributed by atoms with van der Waals surface area (Å²) in [5.41, 5.74) is 16.5. The fourth-order valence-corrected chi connectivity index (χ4v) is 1.32. The Kier molecular flexibility index (Phi) is 2.96. The van der Waals surface area contributed by atoms with Crippen molar-refractivity contribution in [3.05, 3.63) is 35.9 Å².